The van der Waals surface area contributed by atoms with Crippen LogP contribution in [-0.2, 0) is 0 Å². The van der Waals surface area contributed by atoms with E-state index >= 15 is 0 Å². The molecule has 1 aliphatic heterocycles. The summed E-state index contributed by atoms with van der Waals surface area (Å²) in [6, 6.07) is 24.5. The molecule has 0 unspecified atom stereocenters. The normalized spacial score (nSPS) is 15.7. The Balaban J connectivity index is 1.73. The van der Waals surface area contributed by atoms with Crippen LogP contribution < -0.4 is 10.5 Å². The van der Waals surface area contributed by atoms with Crippen molar-refractivity contribution in [2.45, 2.75) is 5.92 Å². The average molecular weight is 443 g/mol. The Bertz CT molecular complexity index is 1310. The van der Waals surface area contributed by atoms with Gasteiger partial charge in [-0.3, -0.25) is 5.10 Å². The van der Waals surface area contributed by atoms with Crippen molar-refractivity contribution in [3.63, 3.8) is 0 Å². The molecule has 0 radical (unpaired) electrons. The van der Waals surface area contributed by atoms with Gasteiger partial charge in [-0.2, -0.15) is 5.26 Å². The van der Waals surface area contributed by atoms with E-state index in [4.69, 9.17) is 10.5 Å². The predicted molar refractivity (Wildman–Crippen MR) is 115 cm³/mol. The molecule has 5 rings (SSSR count). The Labute approximate surface area is 175 Å². The summed E-state index contributed by atoms with van der Waals surface area (Å²) in [5.74, 6) is 0.124. The summed E-state index contributed by atoms with van der Waals surface area (Å²) >= 11 is 3.47. The van der Waals surface area contributed by atoms with Gasteiger partial charge in [-0.25, -0.2) is 0 Å². The third-order valence-corrected chi connectivity index (χ3v) is 5.71. The molecule has 0 saturated heterocycles. The number of ether oxygens (including phenoxy) is 1. The number of fused-ring (bicyclic) bond motifs is 2. The minimum atomic E-state index is -0.364. The lowest BCUT2D eigenvalue weighted by molar-refractivity contribution is 0.379. The molecule has 0 aliphatic carbocycles. The molecule has 2 heterocycles. The highest BCUT2D eigenvalue weighted by Crippen LogP contribution is 2.46. The van der Waals surface area contributed by atoms with Gasteiger partial charge in [0.1, 0.15) is 11.6 Å². The first kappa shape index (κ1) is 17.5. The van der Waals surface area contributed by atoms with E-state index in [2.05, 4.69) is 56.5 Å². The fourth-order valence-corrected chi connectivity index (χ4v) is 4.06. The first-order valence-electron chi connectivity index (χ1n) is 9.06. The van der Waals surface area contributed by atoms with Crippen molar-refractivity contribution in [2.75, 3.05) is 0 Å². The van der Waals surface area contributed by atoms with Gasteiger partial charge in [-0.15, -0.1) is 5.10 Å². The van der Waals surface area contributed by atoms with Gasteiger partial charge in [0, 0.05) is 10.0 Å². The van der Waals surface area contributed by atoms with Crippen LogP contribution in [0.15, 0.2) is 82.7 Å². The van der Waals surface area contributed by atoms with E-state index in [9.17, 15) is 5.26 Å². The average Bonchev–Trinajstić information content (AvgIpc) is 3.16. The van der Waals surface area contributed by atoms with Crippen molar-refractivity contribution >= 4 is 26.7 Å². The van der Waals surface area contributed by atoms with E-state index in [1.807, 2.05) is 42.5 Å². The van der Waals surface area contributed by atoms with Crippen molar-refractivity contribution in [3.8, 4) is 23.2 Å². The van der Waals surface area contributed by atoms with E-state index < -0.39 is 0 Å². The van der Waals surface area contributed by atoms with E-state index in [0.717, 1.165) is 37.6 Å². The van der Waals surface area contributed by atoms with Crippen LogP contribution in [-0.4, -0.2) is 10.2 Å². The lowest BCUT2D eigenvalue weighted by Crippen LogP contribution is -2.20. The highest BCUT2D eigenvalue weighted by Gasteiger charge is 2.35. The standard InChI is InChI=1S/C23H15BrN4O/c24-17-9-7-14(8-10-17)19-18(12-25)22(26)29-23-20(19)21(27-28-23)16-6-5-13-3-1-2-4-15(13)11-16/h1-11,19H,26H2,(H,27,28)/t19-/m0/s1. The molecule has 4 aromatic rings. The third-order valence-electron chi connectivity index (χ3n) is 5.18. The number of halogens is 1. The van der Waals surface area contributed by atoms with Crippen LogP contribution in [0.3, 0.4) is 0 Å². The van der Waals surface area contributed by atoms with Crippen LogP contribution >= 0.6 is 15.9 Å². The zero-order valence-electron chi connectivity index (χ0n) is 15.2. The maximum atomic E-state index is 9.81. The van der Waals surface area contributed by atoms with Crippen molar-refractivity contribution in [3.05, 3.63) is 93.8 Å². The van der Waals surface area contributed by atoms with E-state index in [1.54, 1.807) is 0 Å². The zero-order valence-corrected chi connectivity index (χ0v) is 16.8. The molecule has 0 fully saturated rings. The molecule has 3 aromatic carbocycles. The highest BCUT2D eigenvalue weighted by atomic mass is 79.9. The Morgan fingerprint density at radius 2 is 1.79 bits per heavy atom. The summed E-state index contributed by atoms with van der Waals surface area (Å²) in [4.78, 5) is 0. The molecule has 6 heteroatoms. The van der Waals surface area contributed by atoms with Gasteiger partial charge in [0.15, 0.2) is 0 Å². The second-order valence-electron chi connectivity index (χ2n) is 6.86. The van der Waals surface area contributed by atoms with E-state index in [-0.39, 0.29) is 11.8 Å². The van der Waals surface area contributed by atoms with Crippen LogP contribution in [0.4, 0.5) is 0 Å². The maximum Gasteiger partial charge on any atom is 0.244 e. The number of nitriles is 1. The van der Waals surface area contributed by atoms with Gasteiger partial charge in [0.05, 0.1) is 17.2 Å². The number of H-pyrrole nitrogens is 1. The van der Waals surface area contributed by atoms with Crippen molar-refractivity contribution in [2.24, 2.45) is 5.73 Å². The lowest BCUT2D eigenvalue weighted by atomic mass is 9.83. The maximum absolute atomic E-state index is 9.81. The smallest absolute Gasteiger partial charge is 0.244 e. The Morgan fingerprint density at radius 3 is 2.55 bits per heavy atom. The van der Waals surface area contributed by atoms with Crippen LogP contribution in [0.25, 0.3) is 22.0 Å². The minimum absolute atomic E-state index is 0.0875. The molecule has 3 N–H and O–H groups in total. The first-order chi connectivity index (χ1) is 14.2. The quantitative estimate of drug-likeness (QED) is 0.445. The number of hydrogen-bond acceptors (Lipinski definition) is 4. The lowest BCUT2D eigenvalue weighted by Gasteiger charge is -2.24. The minimum Gasteiger partial charge on any atom is -0.420 e. The number of nitrogens with zero attached hydrogens (tertiary/aromatic N) is 2. The number of rotatable bonds is 2. The predicted octanol–water partition coefficient (Wildman–Crippen LogP) is 5.21. The SMILES string of the molecule is N#CC1=C(N)Oc2n[nH]c(-c3ccc4ccccc4c3)c2[C@H]1c1ccc(Br)cc1. The molecule has 140 valence electrons. The third kappa shape index (κ3) is 2.87. The fraction of sp³-hybridized carbons (Fsp3) is 0.0435. The second kappa shape index (κ2) is 6.80. The number of aromatic amines is 1. The van der Waals surface area contributed by atoms with Crippen molar-refractivity contribution < 1.29 is 4.74 Å². The summed E-state index contributed by atoms with van der Waals surface area (Å²) in [5, 5.41) is 19.5. The van der Waals surface area contributed by atoms with Crippen molar-refractivity contribution in [1.29, 1.82) is 5.26 Å². The van der Waals surface area contributed by atoms with Crippen molar-refractivity contribution in [1.82, 2.24) is 10.2 Å². The Kier molecular flexibility index (Phi) is 4.11. The van der Waals surface area contributed by atoms with Gasteiger partial charge in [-0.1, -0.05) is 64.5 Å². The van der Waals surface area contributed by atoms with Gasteiger partial charge in [0.25, 0.3) is 0 Å². The zero-order chi connectivity index (χ0) is 20.0. The van der Waals surface area contributed by atoms with Crippen LogP contribution in [0.2, 0.25) is 0 Å². The monoisotopic (exact) mass is 442 g/mol. The summed E-state index contributed by atoms with van der Waals surface area (Å²) < 4.78 is 6.65. The number of allylic oxidation sites excluding steroid dienone is 1. The fourth-order valence-electron chi connectivity index (χ4n) is 3.80. The molecule has 1 atom stereocenters. The van der Waals surface area contributed by atoms with Gasteiger partial charge >= 0.3 is 0 Å². The molecule has 0 saturated carbocycles. The van der Waals surface area contributed by atoms with E-state index in [0.29, 0.717) is 11.5 Å². The van der Waals surface area contributed by atoms with Gasteiger partial charge in [0.2, 0.25) is 11.8 Å². The molecule has 0 bridgehead atoms. The Morgan fingerprint density at radius 1 is 1.03 bits per heavy atom. The molecule has 5 nitrogen and oxygen atoms in total. The number of nitrogens with one attached hydrogen (secondary N) is 1. The molecule has 0 spiro atoms. The van der Waals surface area contributed by atoms with Crippen LogP contribution in [0.5, 0.6) is 5.88 Å². The second-order valence-corrected chi connectivity index (χ2v) is 7.77. The van der Waals surface area contributed by atoms with E-state index in [1.165, 1.54) is 0 Å². The summed E-state index contributed by atoms with van der Waals surface area (Å²) in [5.41, 5.74) is 9.98. The molecule has 29 heavy (non-hydrogen) atoms. The van der Waals surface area contributed by atoms with Gasteiger partial charge in [-0.05, 0) is 34.5 Å². The van der Waals surface area contributed by atoms with Crippen LogP contribution in [0, 0.1) is 11.3 Å². The number of hydrogen-bond donors (Lipinski definition) is 2. The number of benzene rings is 3. The van der Waals surface area contributed by atoms with Gasteiger partial charge < -0.3 is 10.5 Å². The largest absolute Gasteiger partial charge is 0.420 e. The highest BCUT2D eigenvalue weighted by molar-refractivity contribution is 9.10. The Hall–Kier alpha value is -3.56. The topological polar surface area (TPSA) is 87.7 Å². The molecule has 1 aromatic heterocycles. The summed E-state index contributed by atoms with van der Waals surface area (Å²) in [6.07, 6.45) is 0. The molecule has 0 amide bonds. The summed E-state index contributed by atoms with van der Waals surface area (Å²) in [7, 11) is 0. The van der Waals surface area contributed by atoms with Crippen LogP contribution in [0.1, 0.15) is 17.0 Å². The molecular formula is C23H15BrN4O. The molecular weight excluding hydrogens is 428 g/mol. The first-order valence-corrected chi connectivity index (χ1v) is 9.85. The summed E-state index contributed by atoms with van der Waals surface area (Å²) in [6.45, 7) is 0. The number of nitrogens with two attached hydrogens (primary N) is 1. The molecule has 1 aliphatic rings. The number of aromatic nitrogens is 2.